The summed E-state index contributed by atoms with van der Waals surface area (Å²) in [4.78, 5) is 0. The van der Waals surface area contributed by atoms with Crippen molar-refractivity contribution in [3.8, 4) is 0 Å². The maximum Gasteiger partial charge on any atom is 0.147 e. The van der Waals surface area contributed by atoms with Crippen LogP contribution in [0.15, 0.2) is 11.4 Å². The summed E-state index contributed by atoms with van der Waals surface area (Å²) in [5.41, 5.74) is 3.86. The van der Waals surface area contributed by atoms with Gasteiger partial charge in [-0.3, -0.25) is 11.3 Å². The fraction of sp³-hybridized carbons (Fsp3) is 0.556. The third-order valence-electron chi connectivity index (χ3n) is 2.20. The van der Waals surface area contributed by atoms with Crippen molar-refractivity contribution < 1.29 is 8.42 Å². The lowest BCUT2D eigenvalue weighted by Gasteiger charge is -2.13. The van der Waals surface area contributed by atoms with E-state index in [-0.39, 0.29) is 11.8 Å². The molecule has 0 saturated heterocycles. The number of halogens is 1. The molecule has 0 aliphatic rings. The van der Waals surface area contributed by atoms with Crippen LogP contribution >= 0.6 is 33.9 Å². The molecule has 1 aromatic heterocycles. The lowest BCUT2D eigenvalue weighted by molar-refractivity contribution is 0.509. The van der Waals surface area contributed by atoms with Gasteiger partial charge in [0.25, 0.3) is 0 Å². The zero-order chi connectivity index (χ0) is 12.2. The molecule has 1 atom stereocenters. The van der Waals surface area contributed by atoms with Crippen molar-refractivity contribution in [3.05, 3.63) is 19.9 Å². The van der Waals surface area contributed by atoms with Crippen LogP contribution in [0.4, 0.5) is 0 Å². The topological polar surface area (TPSA) is 72.2 Å². The van der Waals surface area contributed by atoms with Gasteiger partial charge in [0.2, 0.25) is 0 Å². The van der Waals surface area contributed by atoms with Crippen LogP contribution < -0.4 is 11.3 Å². The number of hydrazine groups is 1. The average molecular weight is 374 g/mol. The fourth-order valence-electron chi connectivity index (χ4n) is 1.40. The van der Waals surface area contributed by atoms with Gasteiger partial charge in [-0.1, -0.05) is 0 Å². The Balaban J connectivity index is 2.50. The molecule has 7 heteroatoms. The molecule has 0 aliphatic heterocycles. The van der Waals surface area contributed by atoms with E-state index < -0.39 is 9.84 Å². The minimum atomic E-state index is -2.87. The first-order valence-corrected chi connectivity index (χ1v) is 8.82. The van der Waals surface area contributed by atoms with Crippen LogP contribution in [0.25, 0.3) is 0 Å². The second-order valence-corrected chi connectivity index (χ2v) is 8.74. The summed E-state index contributed by atoms with van der Waals surface area (Å²) >= 11 is 3.91. The van der Waals surface area contributed by atoms with E-state index in [2.05, 4.69) is 34.1 Å². The van der Waals surface area contributed by atoms with Crippen LogP contribution in [-0.4, -0.2) is 20.4 Å². The monoisotopic (exact) mass is 374 g/mol. The van der Waals surface area contributed by atoms with Crippen molar-refractivity contribution in [2.24, 2.45) is 5.84 Å². The molecule has 1 aromatic rings. The van der Waals surface area contributed by atoms with Crippen molar-refractivity contribution in [1.82, 2.24) is 5.43 Å². The summed E-state index contributed by atoms with van der Waals surface area (Å²) in [6, 6.07) is 2.11. The number of rotatable bonds is 6. The fourth-order valence-corrected chi connectivity index (χ4v) is 3.52. The predicted octanol–water partition coefficient (Wildman–Crippen LogP) is 1.68. The molecule has 0 aromatic carbocycles. The second-order valence-electron chi connectivity index (χ2n) is 3.68. The van der Waals surface area contributed by atoms with Crippen LogP contribution in [-0.2, 0) is 9.84 Å². The SMILES string of the molecule is CS(=O)(=O)CCCC(NN)c1csc(I)c1. The molecular weight excluding hydrogens is 359 g/mol. The van der Waals surface area contributed by atoms with Crippen LogP contribution in [0, 0.1) is 2.88 Å². The third kappa shape index (κ3) is 5.09. The van der Waals surface area contributed by atoms with Gasteiger partial charge in [0.15, 0.2) is 0 Å². The largest absolute Gasteiger partial charge is 0.271 e. The van der Waals surface area contributed by atoms with Gasteiger partial charge >= 0.3 is 0 Å². The number of thiophene rings is 1. The minimum Gasteiger partial charge on any atom is -0.271 e. The summed E-state index contributed by atoms with van der Waals surface area (Å²) in [5, 5.41) is 2.05. The maximum absolute atomic E-state index is 11.0. The molecule has 1 heterocycles. The number of sulfone groups is 1. The minimum absolute atomic E-state index is 0.0431. The first-order valence-electron chi connectivity index (χ1n) is 4.80. The van der Waals surface area contributed by atoms with Crippen LogP contribution in [0.1, 0.15) is 24.4 Å². The molecule has 0 fully saturated rings. The van der Waals surface area contributed by atoms with Crippen molar-refractivity contribution in [1.29, 1.82) is 0 Å². The van der Waals surface area contributed by atoms with E-state index in [1.165, 1.54) is 9.14 Å². The highest BCUT2D eigenvalue weighted by Gasteiger charge is 2.12. The summed E-state index contributed by atoms with van der Waals surface area (Å²) in [5.74, 6) is 5.68. The molecule has 0 radical (unpaired) electrons. The summed E-state index contributed by atoms with van der Waals surface area (Å²) in [7, 11) is -2.87. The Hall–Kier alpha value is 0.300. The van der Waals surface area contributed by atoms with Crippen molar-refractivity contribution in [2.45, 2.75) is 18.9 Å². The normalized spacial score (nSPS) is 13.9. The number of hydrogen-bond acceptors (Lipinski definition) is 5. The van der Waals surface area contributed by atoms with Gasteiger partial charge in [0, 0.05) is 18.1 Å². The van der Waals surface area contributed by atoms with Gasteiger partial charge in [0.1, 0.15) is 9.84 Å². The highest BCUT2D eigenvalue weighted by atomic mass is 127. The molecule has 1 unspecified atom stereocenters. The van der Waals surface area contributed by atoms with Gasteiger partial charge in [-0.05, 0) is 52.4 Å². The van der Waals surface area contributed by atoms with Crippen molar-refractivity contribution in [2.75, 3.05) is 12.0 Å². The van der Waals surface area contributed by atoms with Gasteiger partial charge in [-0.25, -0.2) is 8.42 Å². The van der Waals surface area contributed by atoms with E-state index >= 15 is 0 Å². The van der Waals surface area contributed by atoms with E-state index in [0.29, 0.717) is 6.42 Å². The van der Waals surface area contributed by atoms with Crippen LogP contribution in [0.5, 0.6) is 0 Å². The Kier molecular flexibility index (Phi) is 5.65. The van der Waals surface area contributed by atoms with E-state index in [9.17, 15) is 8.42 Å². The Morgan fingerprint density at radius 1 is 1.62 bits per heavy atom. The smallest absolute Gasteiger partial charge is 0.147 e. The number of nitrogens with one attached hydrogen (secondary N) is 1. The lowest BCUT2D eigenvalue weighted by Crippen LogP contribution is -2.28. The molecule has 0 bridgehead atoms. The van der Waals surface area contributed by atoms with Gasteiger partial charge in [-0.2, -0.15) is 0 Å². The quantitative estimate of drug-likeness (QED) is 0.452. The molecule has 0 saturated carbocycles. The van der Waals surface area contributed by atoms with E-state index in [1.54, 1.807) is 11.3 Å². The molecule has 3 N–H and O–H groups in total. The standard InChI is InChI=1S/C9H15IN2O2S2/c1-16(13,14)4-2-3-8(12-11)7-5-9(10)15-6-7/h5-6,8,12H,2-4,11H2,1H3. The Morgan fingerprint density at radius 2 is 2.31 bits per heavy atom. The van der Waals surface area contributed by atoms with Crippen molar-refractivity contribution in [3.63, 3.8) is 0 Å². The van der Waals surface area contributed by atoms with E-state index in [0.717, 1.165) is 12.0 Å². The van der Waals surface area contributed by atoms with E-state index in [4.69, 9.17) is 5.84 Å². The summed E-state index contributed by atoms with van der Waals surface area (Å²) in [6.45, 7) is 0. The Bertz CT molecular complexity index is 430. The molecule has 0 amide bonds. The molecular formula is C9H15IN2O2S2. The number of nitrogens with two attached hydrogens (primary N) is 1. The van der Waals surface area contributed by atoms with Gasteiger partial charge in [0.05, 0.1) is 2.88 Å². The molecule has 4 nitrogen and oxygen atoms in total. The zero-order valence-electron chi connectivity index (χ0n) is 8.94. The first-order chi connectivity index (χ1) is 7.42. The summed E-state index contributed by atoms with van der Waals surface area (Å²) < 4.78 is 23.2. The summed E-state index contributed by atoms with van der Waals surface area (Å²) in [6.07, 6.45) is 2.61. The van der Waals surface area contributed by atoms with Crippen molar-refractivity contribution >= 4 is 43.8 Å². The zero-order valence-corrected chi connectivity index (χ0v) is 12.7. The lowest BCUT2D eigenvalue weighted by atomic mass is 10.1. The van der Waals surface area contributed by atoms with Crippen LogP contribution in [0.2, 0.25) is 0 Å². The predicted molar refractivity (Wildman–Crippen MR) is 76.0 cm³/mol. The molecule has 0 aliphatic carbocycles. The molecule has 92 valence electrons. The second kappa shape index (κ2) is 6.29. The molecule has 0 spiro atoms. The third-order valence-corrected chi connectivity index (χ3v) is 5.04. The average Bonchev–Trinajstić information content (AvgIpc) is 2.58. The Morgan fingerprint density at radius 3 is 2.75 bits per heavy atom. The van der Waals surface area contributed by atoms with Crippen LogP contribution in [0.3, 0.4) is 0 Å². The number of hydrogen-bond donors (Lipinski definition) is 2. The highest BCUT2D eigenvalue weighted by molar-refractivity contribution is 14.1. The highest BCUT2D eigenvalue weighted by Crippen LogP contribution is 2.24. The van der Waals surface area contributed by atoms with Gasteiger partial charge < -0.3 is 0 Å². The first kappa shape index (κ1) is 14.4. The van der Waals surface area contributed by atoms with Gasteiger partial charge in [-0.15, -0.1) is 11.3 Å². The van der Waals surface area contributed by atoms with E-state index in [1.807, 2.05) is 5.38 Å². The molecule has 1 rings (SSSR count). The molecule has 16 heavy (non-hydrogen) atoms. The maximum atomic E-state index is 11.0. The Labute approximate surface area is 114 Å².